The summed E-state index contributed by atoms with van der Waals surface area (Å²) in [6.45, 7) is 7.38. The molecule has 0 saturated heterocycles. The minimum atomic E-state index is -0.125. The van der Waals surface area contributed by atoms with Crippen molar-refractivity contribution in [1.82, 2.24) is 4.98 Å². The number of ketones is 1. The van der Waals surface area contributed by atoms with E-state index in [9.17, 15) is 4.79 Å². The second kappa shape index (κ2) is 12.0. The topological polar surface area (TPSA) is 67.2 Å². The van der Waals surface area contributed by atoms with Crippen molar-refractivity contribution in [3.8, 4) is 11.3 Å². The molecule has 0 aliphatic carbocycles. The molecule has 0 bridgehead atoms. The maximum Gasteiger partial charge on any atom is 0.216 e. The van der Waals surface area contributed by atoms with Gasteiger partial charge in [0.15, 0.2) is 5.78 Å². The Bertz CT molecular complexity index is 1880. The first kappa shape index (κ1) is 29.0. The summed E-state index contributed by atoms with van der Waals surface area (Å²) in [5.41, 5.74) is 5.78. The van der Waals surface area contributed by atoms with Crippen LogP contribution in [0, 0.1) is 19.0 Å². The van der Waals surface area contributed by atoms with Gasteiger partial charge in [0.1, 0.15) is 11.2 Å². The zero-order valence-corrected chi connectivity index (χ0v) is 25.4. The molecule has 6 rings (SSSR count). The molecule has 0 fully saturated rings. The molecule has 0 aliphatic heterocycles. The van der Waals surface area contributed by atoms with Crippen LogP contribution in [-0.4, -0.2) is 15.9 Å². The predicted molar refractivity (Wildman–Crippen MR) is 157 cm³/mol. The number of aliphatic hydroxyl groups excluding tert-OH is 1. The van der Waals surface area contributed by atoms with E-state index in [1.54, 1.807) is 6.20 Å². The van der Waals surface area contributed by atoms with Crippen LogP contribution in [0.3, 0.4) is 0 Å². The Morgan fingerprint density at radius 3 is 2.52 bits per heavy atom. The maximum atomic E-state index is 10.0. The number of hydrogen-bond donors (Lipinski definition) is 1. The number of allylic oxidation sites excluding steroid dienone is 2. The van der Waals surface area contributed by atoms with E-state index in [1.807, 2.05) is 28.8 Å². The van der Waals surface area contributed by atoms with Crippen LogP contribution in [0.15, 0.2) is 89.2 Å². The minimum Gasteiger partial charge on any atom is -0.512 e. The molecule has 3 heterocycles. The van der Waals surface area contributed by atoms with E-state index in [2.05, 4.69) is 74.4 Å². The second-order valence-corrected chi connectivity index (χ2v) is 10.2. The largest absolute Gasteiger partial charge is 0.512 e. The minimum absolute atomic E-state index is 0. The van der Waals surface area contributed by atoms with Crippen molar-refractivity contribution in [1.29, 1.82) is 0 Å². The van der Waals surface area contributed by atoms with Gasteiger partial charge in [-0.25, -0.2) is 4.98 Å². The van der Waals surface area contributed by atoms with Crippen LogP contribution >= 0.6 is 0 Å². The van der Waals surface area contributed by atoms with Gasteiger partial charge in [-0.2, -0.15) is 0 Å². The summed E-state index contributed by atoms with van der Waals surface area (Å²) >= 11 is 0. The molecule has 0 atom stereocenters. The second-order valence-electron chi connectivity index (χ2n) is 10.2. The van der Waals surface area contributed by atoms with Gasteiger partial charge in [0.2, 0.25) is 5.71 Å². The molecule has 40 heavy (non-hydrogen) atoms. The number of rotatable bonds is 4. The molecule has 1 N–H and O–H groups in total. The fourth-order valence-corrected chi connectivity index (χ4v) is 5.14. The smallest absolute Gasteiger partial charge is 0.216 e. The van der Waals surface area contributed by atoms with Crippen LogP contribution in [-0.2, 0) is 31.3 Å². The van der Waals surface area contributed by atoms with Crippen molar-refractivity contribution in [2.75, 3.05) is 0 Å². The molecule has 1 radical (unpaired) electrons. The van der Waals surface area contributed by atoms with E-state index in [-0.39, 0.29) is 31.6 Å². The summed E-state index contributed by atoms with van der Waals surface area (Å²) in [4.78, 5) is 14.4. The number of carbonyl (C=O) groups is 1. The third-order valence-electron chi connectivity index (χ3n) is 6.63. The number of hydrogen-bond acceptors (Lipinski definition) is 4. The average Bonchev–Trinajstić information content (AvgIpc) is 3.28. The van der Waals surface area contributed by atoms with Crippen LogP contribution in [0.1, 0.15) is 33.3 Å². The Kier molecular flexibility index (Phi) is 8.73. The molecule has 6 aromatic rings. The van der Waals surface area contributed by atoms with E-state index in [0.717, 1.165) is 39.6 Å². The van der Waals surface area contributed by atoms with Crippen LogP contribution in [0.4, 0.5) is 0 Å². The maximum absolute atomic E-state index is 10.0. The molecule has 0 spiro atoms. The molecule has 0 aliphatic rings. The first-order valence-corrected chi connectivity index (χ1v) is 13.0. The third-order valence-corrected chi connectivity index (χ3v) is 6.63. The molecule has 3 aromatic carbocycles. The molecule has 3 aromatic heterocycles. The van der Waals surface area contributed by atoms with Crippen LogP contribution in [0.5, 0.6) is 0 Å². The Labute approximate surface area is 247 Å². The van der Waals surface area contributed by atoms with Crippen LogP contribution in [0.25, 0.3) is 55.0 Å². The van der Waals surface area contributed by atoms with Crippen LogP contribution < -0.4 is 4.57 Å². The van der Waals surface area contributed by atoms with Gasteiger partial charge >= 0.3 is 0 Å². The van der Waals surface area contributed by atoms with Gasteiger partial charge in [0.25, 0.3) is 0 Å². The number of carbonyl (C=O) groups excluding carboxylic acids is 1. The third kappa shape index (κ3) is 5.65. The number of fused-ring (bicyclic) bond motifs is 6. The number of furan rings is 1. The van der Waals surface area contributed by atoms with Crippen molar-refractivity contribution >= 4 is 49.5 Å². The van der Waals surface area contributed by atoms with Gasteiger partial charge in [-0.1, -0.05) is 49.6 Å². The van der Waals surface area contributed by atoms with Crippen LogP contribution in [0.2, 0.25) is 0 Å². The Morgan fingerprint density at radius 1 is 1.07 bits per heavy atom. The summed E-state index contributed by atoms with van der Waals surface area (Å²) in [7, 11) is 4.45. The number of nitrogens with zero attached hydrogens (tertiary/aromatic N) is 2. The van der Waals surface area contributed by atoms with Crippen molar-refractivity contribution in [2.45, 2.75) is 34.1 Å². The van der Waals surface area contributed by atoms with E-state index in [4.69, 9.17) is 9.52 Å². The summed E-state index contributed by atoms with van der Waals surface area (Å²) in [6, 6.07) is 26.6. The zero-order chi connectivity index (χ0) is 27.7. The summed E-state index contributed by atoms with van der Waals surface area (Å²) in [5.74, 6) is 0.466. The normalized spacial score (nSPS) is 11.6. The van der Waals surface area contributed by atoms with E-state index < -0.39 is 0 Å². The molecule has 0 saturated carbocycles. The predicted octanol–water partition coefficient (Wildman–Crippen LogP) is 7.91. The van der Waals surface area contributed by atoms with Gasteiger partial charge in [0, 0.05) is 50.2 Å². The number of benzene rings is 3. The first-order chi connectivity index (χ1) is 18.7. The van der Waals surface area contributed by atoms with Crippen molar-refractivity contribution in [2.24, 2.45) is 5.92 Å². The summed E-state index contributed by atoms with van der Waals surface area (Å²) in [5, 5.41) is 14.2. The zero-order valence-electron chi connectivity index (χ0n) is 23.0. The molecule has 5 nitrogen and oxygen atoms in total. The quantitative estimate of drug-likeness (QED) is 0.0665. The van der Waals surface area contributed by atoms with Gasteiger partial charge in [-0.3, -0.25) is 4.79 Å². The van der Waals surface area contributed by atoms with E-state index in [0.29, 0.717) is 11.6 Å². The Morgan fingerprint density at radius 2 is 1.82 bits per heavy atom. The molecule has 0 amide bonds. The van der Waals surface area contributed by atoms with E-state index in [1.165, 1.54) is 41.6 Å². The molecule has 205 valence electrons. The molecule has 6 heteroatoms. The fraction of sp³-hybridized carbons (Fsp3) is 0.176. The van der Waals surface area contributed by atoms with Gasteiger partial charge in [-0.05, 0) is 72.4 Å². The van der Waals surface area contributed by atoms with Crippen molar-refractivity contribution in [3.63, 3.8) is 0 Å². The number of pyridine rings is 2. The SMILES string of the molecule is CC(=O)/C=C(/C)O.[CH2-][n+]1c(-c2[c-]ccc3c2oc2ncccc23)cc(CC(C)C)c2c3ccccc3ccc21.[Ir]. The standard InChI is InChI=1S/C29H23N2O.C5H8O2.Ir/c1-18(2)16-20-17-26(31(3)25-14-13-19-8-4-5-9-21(19)27(20)25)24-11-6-10-22-23-12-7-15-30-29(23)32-28(22)24;1-4(6)3-5(2)7;/h4-10,12-15,17-18H,3,16H2,1-2H3;3,6H,1-2H3;/q-1;;/b;4-3-;. The Hall–Kier alpha value is -3.99. The number of aromatic nitrogens is 2. The van der Waals surface area contributed by atoms with E-state index >= 15 is 0 Å². The van der Waals surface area contributed by atoms with Gasteiger partial charge < -0.3 is 14.1 Å². The average molecular weight is 708 g/mol. The molecular weight excluding hydrogens is 677 g/mol. The Balaban J connectivity index is 0.000000413. The van der Waals surface area contributed by atoms with Gasteiger partial charge in [-0.15, -0.1) is 18.2 Å². The van der Waals surface area contributed by atoms with Gasteiger partial charge in [0.05, 0.1) is 11.3 Å². The molecular formula is C34H31IrN2O3-. The van der Waals surface area contributed by atoms with Crippen molar-refractivity contribution < 1.29 is 39.0 Å². The summed E-state index contributed by atoms with van der Waals surface area (Å²) < 4.78 is 8.24. The first-order valence-electron chi connectivity index (χ1n) is 13.0. The fourth-order valence-electron chi connectivity index (χ4n) is 5.14. The number of aliphatic hydroxyl groups is 1. The van der Waals surface area contributed by atoms with Crippen molar-refractivity contribution in [3.05, 3.63) is 103 Å². The molecule has 0 unspecified atom stereocenters. The summed E-state index contributed by atoms with van der Waals surface area (Å²) in [6.07, 6.45) is 3.91. The monoisotopic (exact) mass is 708 g/mol.